The number of aromatic nitrogens is 3. The average Bonchev–Trinajstić information content (AvgIpc) is 3.75. The van der Waals surface area contributed by atoms with Crippen molar-refractivity contribution in [2.24, 2.45) is 0 Å². The summed E-state index contributed by atoms with van der Waals surface area (Å²) >= 11 is 0. The molecule has 0 spiro atoms. The van der Waals surface area contributed by atoms with E-state index in [9.17, 15) is 0 Å². The van der Waals surface area contributed by atoms with E-state index >= 15 is 0 Å². The summed E-state index contributed by atoms with van der Waals surface area (Å²) in [5, 5.41) is 5.90. The van der Waals surface area contributed by atoms with E-state index in [1.165, 1.54) is 55.1 Å². The van der Waals surface area contributed by atoms with Crippen LogP contribution in [0.3, 0.4) is 0 Å². The highest BCUT2D eigenvalue weighted by Crippen LogP contribution is 2.57. The van der Waals surface area contributed by atoms with Crippen molar-refractivity contribution in [1.82, 2.24) is 14.4 Å². The first-order valence-electron chi connectivity index (χ1n) is 18.8. The monoisotopic (exact) mass is 691 g/mol. The largest absolute Gasteiger partial charge is 0.292 e. The highest BCUT2D eigenvalue weighted by molar-refractivity contribution is 6.14. The molecule has 0 amide bonds. The Morgan fingerprint density at radius 2 is 1.19 bits per heavy atom. The Bertz CT molecular complexity index is 3110. The molecule has 0 saturated carbocycles. The molecule has 54 heavy (non-hydrogen) atoms. The fourth-order valence-corrected chi connectivity index (χ4v) is 9.23. The molecule has 1 aliphatic carbocycles. The second-order valence-corrected chi connectivity index (χ2v) is 15.8. The number of hydrogen-bond acceptors (Lipinski definition) is 2. The number of fused-ring (bicyclic) bond motifs is 12. The summed E-state index contributed by atoms with van der Waals surface area (Å²) in [5.74, 6) is 0. The molecule has 0 fully saturated rings. The molecule has 3 aromatic heterocycles. The molecular weight excluding hydrogens is 655 g/mol. The molecule has 0 N–H and O–H groups in total. The quantitative estimate of drug-likeness (QED) is 0.173. The van der Waals surface area contributed by atoms with Crippen molar-refractivity contribution in [2.75, 3.05) is 0 Å². The first-order chi connectivity index (χ1) is 26.4. The maximum absolute atomic E-state index is 5.33. The van der Waals surface area contributed by atoms with Gasteiger partial charge in [-0.3, -0.25) is 9.38 Å². The minimum Gasteiger partial charge on any atom is -0.292 e. The lowest BCUT2D eigenvalue weighted by atomic mass is 9.66. The van der Waals surface area contributed by atoms with E-state index in [-0.39, 0.29) is 5.41 Å². The molecule has 7 aromatic carbocycles. The van der Waals surface area contributed by atoms with Crippen LogP contribution in [0.4, 0.5) is 0 Å². The van der Waals surface area contributed by atoms with Crippen LogP contribution in [0.25, 0.3) is 71.5 Å². The zero-order valence-corrected chi connectivity index (χ0v) is 30.5. The lowest BCUT2D eigenvalue weighted by Gasteiger charge is -2.36. The summed E-state index contributed by atoms with van der Waals surface area (Å²) < 4.78 is 2.35. The average molecular weight is 692 g/mol. The Balaban J connectivity index is 1.29. The van der Waals surface area contributed by atoms with Gasteiger partial charge in [0.15, 0.2) is 0 Å². The van der Waals surface area contributed by atoms with Gasteiger partial charge < -0.3 is 0 Å². The molecule has 10 aromatic rings. The molecule has 3 heteroatoms. The molecule has 256 valence electrons. The molecular formula is C51H37N3. The summed E-state index contributed by atoms with van der Waals surface area (Å²) in [4.78, 5) is 10.4. The van der Waals surface area contributed by atoms with Crippen molar-refractivity contribution < 1.29 is 0 Å². The van der Waals surface area contributed by atoms with Crippen molar-refractivity contribution >= 4 is 49.1 Å². The van der Waals surface area contributed by atoms with Crippen LogP contribution in [0.1, 0.15) is 48.6 Å². The molecule has 0 bridgehead atoms. The summed E-state index contributed by atoms with van der Waals surface area (Å²) in [6, 6.07) is 60.4. The summed E-state index contributed by atoms with van der Waals surface area (Å²) in [6.45, 7) is 6.94. The number of para-hydroxylation sites is 3. The van der Waals surface area contributed by atoms with Gasteiger partial charge >= 0.3 is 0 Å². The zero-order chi connectivity index (χ0) is 36.2. The molecule has 0 atom stereocenters. The minimum absolute atomic E-state index is 0.106. The van der Waals surface area contributed by atoms with E-state index in [0.717, 1.165) is 44.2 Å². The first kappa shape index (κ1) is 31.0. The lowest BCUT2D eigenvalue weighted by molar-refractivity contribution is 0.587. The smallest absolute Gasteiger partial charge is 0.146 e. The second-order valence-electron chi connectivity index (χ2n) is 15.8. The third-order valence-corrected chi connectivity index (χ3v) is 11.8. The number of rotatable bonds is 3. The van der Waals surface area contributed by atoms with Crippen molar-refractivity contribution in [3.8, 4) is 22.4 Å². The van der Waals surface area contributed by atoms with Gasteiger partial charge in [0.05, 0.1) is 27.7 Å². The fraction of sp³-hybridized carbons (Fsp3) is 0.0980. The zero-order valence-electron chi connectivity index (χ0n) is 30.5. The van der Waals surface area contributed by atoms with E-state index in [0.29, 0.717) is 0 Å². The van der Waals surface area contributed by atoms with Crippen LogP contribution >= 0.6 is 0 Å². The van der Waals surface area contributed by atoms with Gasteiger partial charge in [0.2, 0.25) is 0 Å². The summed E-state index contributed by atoms with van der Waals surface area (Å²) in [6.07, 6.45) is 2.01. The van der Waals surface area contributed by atoms with E-state index < -0.39 is 5.41 Å². The summed E-state index contributed by atoms with van der Waals surface area (Å²) in [7, 11) is 0. The third kappa shape index (κ3) is 4.30. The van der Waals surface area contributed by atoms with Crippen molar-refractivity contribution in [3.63, 3.8) is 0 Å². The summed E-state index contributed by atoms with van der Waals surface area (Å²) in [5.41, 5.74) is 14.5. The van der Waals surface area contributed by atoms with E-state index in [1.807, 2.05) is 6.20 Å². The van der Waals surface area contributed by atoms with Crippen LogP contribution in [0.15, 0.2) is 170 Å². The second kappa shape index (κ2) is 11.2. The molecule has 0 saturated heterocycles. The third-order valence-electron chi connectivity index (χ3n) is 11.8. The van der Waals surface area contributed by atoms with Crippen molar-refractivity contribution in [1.29, 1.82) is 0 Å². The van der Waals surface area contributed by atoms with Crippen LogP contribution in [0, 0.1) is 0 Å². The van der Waals surface area contributed by atoms with Gasteiger partial charge in [-0.2, -0.15) is 0 Å². The molecule has 0 radical (unpaired) electrons. The van der Waals surface area contributed by atoms with Gasteiger partial charge in [0, 0.05) is 27.9 Å². The molecule has 0 aliphatic heterocycles. The van der Waals surface area contributed by atoms with Crippen LogP contribution in [0.2, 0.25) is 0 Å². The van der Waals surface area contributed by atoms with E-state index in [2.05, 4.69) is 189 Å². The Morgan fingerprint density at radius 1 is 0.519 bits per heavy atom. The Labute approximate surface area is 314 Å². The fourth-order valence-electron chi connectivity index (χ4n) is 9.23. The highest BCUT2D eigenvalue weighted by Gasteiger charge is 2.46. The van der Waals surface area contributed by atoms with Gasteiger partial charge in [-0.15, -0.1) is 0 Å². The Hall–Kier alpha value is -6.58. The minimum atomic E-state index is -0.608. The van der Waals surface area contributed by atoms with Gasteiger partial charge in [0.1, 0.15) is 5.65 Å². The van der Waals surface area contributed by atoms with Gasteiger partial charge in [-0.25, -0.2) is 4.98 Å². The van der Waals surface area contributed by atoms with E-state index in [4.69, 9.17) is 9.97 Å². The normalized spacial score (nSPS) is 13.6. The number of benzene rings is 7. The van der Waals surface area contributed by atoms with Gasteiger partial charge in [-0.05, 0) is 97.6 Å². The molecule has 11 rings (SSSR count). The lowest BCUT2D eigenvalue weighted by Crippen LogP contribution is -2.29. The van der Waals surface area contributed by atoms with Crippen LogP contribution in [-0.2, 0) is 10.8 Å². The topological polar surface area (TPSA) is 30.2 Å². The molecule has 3 nitrogen and oxygen atoms in total. The molecule has 3 heterocycles. The van der Waals surface area contributed by atoms with Crippen LogP contribution < -0.4 is 0 Å². The standard InChI is InChI=1S/C51H37N3/c1-50(2,3)36-26-34(46-28-32-14-4-5-15-33(32)31-52-46)27-37(29-36)51(43-19-9-6-16-39(43)40-17-7-10-20-44(40)51)35-24-25-38-41-18-8-12-22-47(41)54-48-23-13-11-21-45(48)53-49(54)42(38)30-35/h4-31H,1-3H3. The predicted molar refractivity (Wildman–Crippen MR) is 224 cm³/mol. The van der Waals surface area contributed by atoms with Crippen molar-refractivity contribution in [3.05, 3.63) is 198 Å². The Kier molecular flexibility index (Phi) is 6.43. The van der Waals surface area contributed by atoms with Gasteiger partial charge in [-0.1, -0.05) is 142 Å². The molecule has 0 unspecified atom stereocenters. The van der Waals surface area contributed by atoms with Crippen LogP contribution in [0.5, 0.6) is 0 Å². The highest BCUT2D eigenvalue weighted by atomic mass is 15.0. The molecule has 1 aliphatic rings. The number of pyridine rings is 2. The predicted octanol–water partition coefficient (Wildman–Crippen LogP) is 12.7. The first-order valence-corrected chi connectivity index (χ1v) is 18.8. The number of imidazole rings is 1. The van der Waals surface area contributed by atoms with E-state index in [1.54, 1.807) is 0 Å². The van der Waals surface area contributed by atoms with Crippen LogP contribution in [-0.4, -0.2) is 14.4 Å². The Morgan fingerprint density at radius 3 is 1.96 bits per heavy atom. The van der Waals surface area contributed by atoms with Gasteiger partial charge in [0.25, 0.3) is 0 Å². The number of hydrogen-bond donors (Lipinski definition) is 0. The maximum Gasteiger partial charge on any atom is 0.146 e. The van der Waals surface area contributed by atoms with Crippen molar-refractivity contribution in [2.45, 2.75) is 31.6 Å². The SMILES string of the molecule is CC(C)(C)c1cc(-c2cc3ccccc3cn2)cc(C2(c3ccc4c5ccccc5n5c6ccccc6nc5c4c3)c3ccccc3-c3ccccc32)c1. The number of nitrogens with zero attached hydrogens (tertiary/aromatic N) is 3. The maximum atomic E-state index is 5.33.